The highest BCUT2D eigenvalue weighted by molar-refractivity contribution is 6.64. The van der Waals surface area contributed by atoms with Crippen LogP contribution in [0.2, 0.25) is 0 Å². The summed E-state index contributed by atoms with van der Waals surface area (Å²) in [6.45, 7) is 18.0. The number of hydrogen-bond acceptors (Lipinski definition) is 3. The molecule has 0 spiro atoms. The second-order valence-corrected chi connectivity index (χ2v) is 14.5. The smallest absolute Gasteiger partial charge is 0.228 e. The summed E-state index contributed by atoms with van der Waals surface area (Å²) in [6.07, 6.45) is 10.2. The lowest BCUT2D eigenvalue weighted by Gasteiger charge is -2.71. The molecule has 0 radical (unpaired) electrons. The van der Waals surface area contributed by atoms with Crippen molar-refractivity contribution in [2.45, 2.75) is 92.9 Å². The van der Waals surface area contributed by atoms with E-state index in [9.17, 15) is 14.9 Å². The van der Waals surface area contributed by atoms with Gasteiger partial charge in [0, 0.05) is 10.8 Å². The van der Waals surface area contributed by atoms with Gasteiger partial charge in [-0.25, -0.2) is 0 Å². The molecule has 5 rings (SSSR count). The number of Topliss-reactive ketones (excluding diaryl/α,β-unsaturated/α-hetero) is 1. The third-order valence-electron chi connectivity index (χ3n) is 12.9. The zero-order chi connectivity index (χ0) is 25.8. The summed E-state index contributed by atoms with van der Waals surface area (Å²) in [6, 6.07) is 2.26. The third-order valence-corrected chi connectivity index (χ3v) is 13.3. The van der Waals surface area contributed by atoms with E-state index in [1.54, 1.807) is 0 Å². The van der Waals surface area contributed by atoms with E-state index in [2.05, 4.69) is 60.3 Å². The maximum atomic E-state index is 13.2. The standard InChI is InChI=1S/C31H42ClNO2/c1-18(2)20-10-13-31(26(32)35)15-14-29(6)21(24(20)31)8-9-23-28(5)16-19(17-33)25(34)27(3,4)22(28)11-12-30(23,29)7/h16,20-24H,1,8-15H2,2-7H3. The zero-order valence-electron chi connectivity index (χ0n) is 22.5. The quantitative estimate of drug-likeness (QED) is 0.292. The van der Waals surface area contributed by atoms with Crippen LogP contribution in [0.4, 0.5) is 0 Å². The number of hydrogen-bond donors (Lipinski definition) is 0. The number of carbonyl (C=O) groups excluding carboxylic acids is 2. The van der Waals surface area contributed by atoms with Gasteiger partial charge in [0.2, 0.25) is 5.24 Å². The first kappa shape index (κ1) is 25.3. The first-order valence-electron chi connectivity index (χ1n) is 13.7. The predicted molar refractivity (Wildman–Crippen MR) is 139 cm³/mol. The number of rotatable bonds is 2. The number of carbonyl (C=O) groups is 2. The van der Waals surface area contributed by atoms with E-state index in [4.69, 9.17) is 11.6 Å². The molecule has 9 unspecified atom stereocenters. The molecule has 4 fully saturated rings. The summed E-state index contributed by atoms with van der Waals surface area (Å²) >= 11 is 6.42. The van der Waals surface area contributed by atoms with Crippen LogP contribution in [-0.2, 0) is 9.59 Å². The molecule has 0 aromatic carbocycles. The summed E-state index contributed by atoms with van der Waals surface area (Å²) in [5.41, 5.74) is 0.649. The molecule has 0 bridgehead atoms. The van der Waals surface area contributed by atoms with Crippen molar-refractivity contribution in [1.82, 2.24) is 0 Å². The van der Waals surface area contributed by atoms with E-state index in [1.807, 2.05) is 0 Å². The van der Waals surface area contributed by atoms with Crippen molar-refractivity contribution >= 4 is 22.6 Å². The third kappa shape index (κ3) is 2.90. The van der Waals surface area contributed by atoms with E-state index in [0.717, 1.165) is 51.4 Å². The van der Waals surface area contributed by atoms with Gasteiger partial charge in [0.05, 0.1) is 5.57 Å². The molecule has 4 heteroatoms. The monoisotopic (exact) mass is 495 g/mol. The number of allylic oxidation sites excluding steroid dienone is 3. The summed E-state index contributed by atoms with van der Waals surface area (Å²) in [5, 5.41) is 9.75. The largest absolute Gasteiger partial charge is 0.293 e. The van der Waals surface area contributed by atoms with Gasteiger partial charge in [-0.1, -0.05) is 52.8 Å². The van der Waals surface area contributed by atoms with Crippen molar-refractivity contribution in [1.29, 1.82) is 5.26 Å². The van der Waals surface area contributed by atoms with Crippen molar-refractivity contribution in [3.63, 3.8) is 0 Å². The summed E-state index contributed by atoms with van der Waals surface area (Å²) in [5.74, 6) is 1.77. The van der Waals surface area contributed by atoms with Gasteiger partial charge >= 0.3 is 0 Å². The van der Waals surface area contributed by atoms with Crippen LogP contribution in [-0.4, -0.2) is 11.0 Å². The Balaban J connectivity index is 1.62. The Hall–Kier alpha value is -1.40. The Morgan fingerprint density at radius 1 is 1.00 bits per heavy atom. The number of nitriles is 1. The topological polar surface area (TPSA) is 57.9 Å². The van der Waals surface area contributed by atoms with Crippen LogP contribution < -0.4 is 0 Å². The van der Waals surface area contributed by atoms with Gasteiger partial charge in [-0.05, 0) is 116 Å². The minimum absolute atomic E-state index is 0.0179. The predicted octanol–water partition coefficient (Wildman–Crippen LogP) is 7.65. The van der Waals surface area contributed by atoms with Gasteiger partial charge in [0.25, 0.3) is 0 Å². The summed E-state index contributed by atoms with van der Waals surface area (Å²) < 4.78 is 0. The fraction of sp³-hybridized carbons (Fsp3) is 0.774. The van der Waals surface area contributed by atoms with Crippen molar-refractivity contribution < 1.29 is 9.59 Å². The molecule has 190 valence electrons. The minimum atomic E-state index is -0.517. The first-order chi connectivity index (χ1) is 16.2. The highest BCUT2D eigenvalue weighted by atomic mass is 35.5. The second kappa shape index (κ2) is 7.56. The Morgan fingerprint density at radius 3 is 2.29 bits per heavy atom. The van der Waals surface area contributed by atoms with E-state index in [-0.39, 0.29) is 39.1 Å². The fourth-order valence-corrected chi connectivity index (χ4v) is 11.4. The molecule has 4 saturated carbocycles. The molecule has 3 nitrogen and oxygen atoms in total. The second-order valence-electron chi connectivity index (χ2n) is 14.2. The van der Waals surface area contributed by atoms with Gasteiger partial charge in [-0.3, -0.25) is 9.59 Å². The highest BCUT2D eigenvalue weighted by Gasteiger charge is 2.71. The molecule has 35 heavy (non-hydrogen) atoms. The minimum Gasteiger partial charge on any atom is -0.293 e. The molecular formula is C31H42ClNO2. The fourth-order valence-electron chi connectivity index (χ4n) is 11.1. The van der Waals surface area contributed by atoms with Crippen LogP contribution in [0.1, 0.15) is 92.9 Å². The SMILES string of the molecule is C=C(C)C1CCC2(C(=O)Cl)CCC3(C)C(CCC4C5(C)C=C(C#N)C(=O)C(C)(C)C5CCC43C)C12. The molecule has 0 saturated heterocycles. The van der Waals surface area contributed by atoms with Gasteiger partial charge in [-0.15, -0.1) is 0 Å². The van der Waals surface area contributed by atoms with Crippen LogP contribution in [0.3, 0.4) is 0 Å². The maximum absolute atomic E-state index is 13.2. The average molecular weight is 496 g/mol. The highest BCUT2D eigenvalue weighted by Crippen LogP contribution is 2.77. The van der Waals surface area contributed by atoms with Gasteiger partial charge in [0.15, 0.2) is 5.78 Å². The molecule has 5 aliphatic rings. The number of halogens is 1. The van der Waals surface area contributed by atoms with Gasteiger partial charge in [-0.2, -0.15) is 5.26 Å². The average Bonchev–Trinajstić information content (AvgIpc) is 3.18. The summed E-state index contributed by atoms with van der Waals surface area (Å²) in [7, 11) is 0. The van der Waals surface area contributed by atoms with Crippen molar-refractivity contribution in [2.75, 3.05) is 0 Å². The van der Waals surface area contributed by atoms with E-state index >= 15 is 0 Å². The van der Waals surface area contributed by atoms with E-state index < -0.39 is 10.8 Å². The number of nitrogens with zero attached hydrogens (tertiary/aromatic N) is 1. The summed E-state index contributed by atoms with van der Waals surface area (Å²) in [4.78, 5) is 26.2. The zero-order valence-corrected chi connectivity index (χ0v) is 23.2. The first-order valence-corrected chi connectivity index (χ1v) is 14.1. The lowest BCUT2D eigenvalue weighted by atomic mass is 9.33. The van der Waals surface area contributed by atoms with E-state index in [0.29, 0.717) is 23.3 Å². The Morgan fingerprint density at radius 2 is 1.69 bits per heavy atom. The van der Waals surface area contributed by atoms with Crippen LogP contribution in [0, 0.1) is 68.0 Å². The lowest BCUT2D eigenvalue weighted by Crippen LogP contribution is -2.66. The molecule has 0 heterocycles. The molecule has 5 aliphatic carbocycles. The number of fused-ring (bicyclic) bond motifs is 7. The van der Waals surface area contributed by atoms with Crippen molar-refractivity contribution in [3.05, 3.63) is 23.8 Å². The number of ketones is 1. The van der Waals surface area contributed by atoms with Crippen LogP contribution in [0.15, 0.2) is 23.8 Å². The van der Waals surface area contributed by atoms with Crippen molar-refractivity contribution in [2.24, 2.45) is 56.7 Å². The molecule has 0 aromatic rings. The Labute approximate surface area is 216 Å². The molecule has 0 aromatic heterocycles. The van der Waals surface area contributed by atoms with Gasteiger partial charge < -0.3 is 0 Å². The maximum Gasteiger partial charge on any atom is 0.228 e. The molecule has 0 amide bonds. The molecular weight excluding hydrogens is 454 g/mol. The normalized spacial score (nSPS) is 50.1. The Kier molecular flexibility index (Phi) is 5.46. The molecule has 0 aliphatic heterocycles. The van der Waals surface area contributed by atoms with Gasteiger partial charge in [0.1, 0.15) is 6.07 Å². The lowest BCUT2D eigenvalue weighted by molar-refractivity contribution is -0.216. The van der Waals surface area contributed by atoms with Crippen LogP contribution in [0.25, 0.3) is 0 Å². The van der Waals surface area contributed by atoms with E-state index in [1.165, 1.54) is 5.57 Å². The van der Waals surface area contributed by atoms with Crippen LogP contribution in [0.5, 0.6) is 0 Å². The Bertz CT molecular complexity index is 1080. The molecule has 9 atom stereocenters. The molecule has 0 N–H and O–H groups in total. The van der Waals surface area contributed by atoms with Crippen molar-refractivity contribution in [3.8, 4) is 6.07 Å². The van der Waals surface area contributed by atoms with Crippen LogP contribution >= 0.6 is 11.6 Å².